The van der Waals surface area contributed by atoms with Gasteiger partial charge in [0, 0.05) is 26.2 Å². The van der Waals surface area contributed by atoms with Crippen LogP contribution in [0.2, 0.25) is 0 Å². The molecule has 63 heavy (non-hydrogen) atoms. The molecule has 0 spiro atoms. The van der Waals surface area contributed by atoms with Crippen LogP contribution in [0.25, 0.3) is 0 Å². The van der Waals surface area contributed by atoms with Crippen LogP contribution < -0.4 is 0 Å². The van der Waals surface area contributed by atoms with Gasteiger partial charge in [-0.3, -0.25) is 0 Å². The zero-order valence-electron chi connectivity index (χ0n) is 38.3. The molecule has 3 fully saturated rings. The summed E-state index contributed by atoms with van der Waals surface area (Å²) in [6.07, 6.45) is -3.96. The molecule has 3 aliphatic rings. The molecule has 345 valence electrons. The molecule has 0 aliphatic carbocycles. The second-order valence-corrected chi connectivity index (χ2v) is 18.7. The van der Waals surface area contributed by atoms with E-state index in [1.54, 1.807) is 25.6 Å². The van der Waals surface area contributed by atoms with Crippen molar-refractivity contribution in [1.82, 2.24) is 9.80 Å². The van der Waals surface area contributed by atoms with E-state index in [9.17, 15) is 19.1 Å². The SMILES string of the molecule is CC[C@H](C)C1O[C@H](O[C@H]2C([C@H]3COC(C)(C)O3)O[C@@](OCCN(C)CCN(Cc3ccccc3)C(=O)OCc3ccccc3)(C(=O)OC)C[C@H]2C)C(OC(C)=O)[C@@H](C)[C@@H]1P[B]B=O. The number of likely N-dealkylation sites (N-methyl/N-ethyl adjacent to an activating group) is 1. The Morgan fingerprint density at radius 2 is 1.65 bits per heavy atom. The summed E-state index contributed by atoms with van der Waals surface area (Å²) < 4.78 is 67.7. The minimum atomic E-state index is -1.83. The number of amides is 1. The summed E-state index contributed by atoms with van der Waals surface area (Å²) in [5, 5.41) is 0. The van der Waals surface area contributed by atoms with Crippen LogP contribution in [0.15, 0.2) is 60.7 Å². The molecule has 0 aromatic heterocycles. The fourth-order valence-electron chi connectivity index (χ4n) is 8.44. The van der Waals surface area contributed by atoms with Crippen molar-refractivity contribution < 1.29 is 61.7 Å². The first kappa shape index (κ1) is 50.7. The number of esters is 2. The first-order valence-electron chi connectivity index (χ1n) is 22.0. The monoisotopic (exact) mass is 895 g/mol. The number of hydrogen-bond acceptors (Lipinski definition) is 14. The molecule has 12 atom stereocenters. The maximum absolute atomic E-state index is 13.8. The third-order valence-corrected chi connectivity index (χ3v) is 13.7. The Balaban J connectivity index is 1.31. The van der Waals surface area contributed by atoms with Crippen molar-refractivity contribution in [3.63, 3.8) is 0 Å². The predicted molar refractivity (Wildman–Crippen MR) is 237 cm³/mol. The number of methoxy groups -OCH3 is 1. The number of rotatable bonds is 21. The summed E-state index contributed by atoms with van der Waals surface area (Å²) >= 11 is 0. The standard InChI is InChI=1S/C45H66B2N2O13P/c1-10-29(2)37-40(63-47-46-53)31(4)38(58-32(5)50)41(60-37)59-36-30(3)25-45(42(51)54-9,62-39(36)35-28-57-44(6,7)61-35)56-24-23-48(8)21-22-49(26-33-17-13-11-14-18-33)43(52)55-27-34-19-15-12-16-20-34/h11-20,29-31,35-41,63H,10,21-28H2,1-9H3/t29-,30+,31+,35+,36+,37?,38?,39?,40-,41-,45+/m0/s1. The van der Waals surface area contributed by atoms with Crippen molar-refractivity contribution >= 4 is 40.4 Å². The topological polar surface area (TPSA) is 158 Å². The molecule has 0 saturated carbocycles. The molecule has 2 aromatic carbocycles. The third-order valence-electron chi connectivity index (χ3n) is 12.1. The number of ether oxygens (including phenoxy) is 9. The maximum atomic E-state index is 13.8. The third kappa shape index (κ3) is 13.9. The van der Waals surface area contributed by atoms with Crippen LogP contribution in [0, 0.1) is 17.8 Å². The zero-order valence-corrected chi connectivity index (χ0v) is 39.3. The molecule has 15 nitrogen and oxygen atoms in total. The van der Waals surface area contributed by atoms with Gasteiger partial charge in [0.25, 0.3) is 0 Å². The quantitative estimate of drug-likeness (QED) is 0.0663. The molecule has 3 saturated heterocycles. The van der Waals surface area contributed by atoms with Gasteiger partial charge in [-0.15, -0.1) is 0 Å². The molecule has 3 heterocycles. The summed E-state index contributed by atoms with van der Waals surface area (Å²) in [7, 11) is 4.15. The Kier molecular flexibility index (Phi) is 19.1. The van der Waals surface area contributed by atoms with Gasteiger partial charge < -0.3 is 19.3 Å². The Hall–Kier alpha value is -3.27. The van der Waals surface area contributed by atoms with Crippen molar-refractivity contribution in [2.24, 2.45) is 17.8 Å². The fraction of sp³-hybridized carbons (Fsp3) is 0.667. The van der Waals surface area contributed by atoms with Crippen LogP contribution in [0.3, 0.4) is 0 Å². The average molecular weight is 896 g/mol. The molecule has 1 amide bonds. The van der Waals surface area contributed by atoms with E-state index in [1.807, 2.05) is 86.5 Å². The number of hydrogen-bond donors (Lipinski definition) is 0. The van der Waals surface area contributed by atoms with Gasteiger partial charge in [0.1, 0.15) is 6.61 Å². The van der Waals surface area contributed by atoms with E-state index in [2.05, 4.69) is 13.8 Å². The number of carbonyl (C=O) groups is 3. The van der Waals surface area contributed by atoms with Crippen molar-refractivity contribution in [1.29, 1.82) is 0 Å². The van der Waals surface area contributed by atoms with E-state index in [0.717, 1.165) is 24.6 Å². The molecule has 1 radical (unpaired) electrons. The first-order chi connectivity index (χ1) is 30.1. The number of benzene rings is 2. The Labute approximate surface area is 376 Å². The molecular weight excluding hydrogens is 829 g/mol. The van der Waals surface area contributed by atoms with Crippen molar-refractivity contribution in [2.75, 3.05) is 47.0 Å². The molecule has 3 aliphatic heterocycles. The average Bonchev–Trinajstić information content (AvgIpc) is 3.64. The van der Waals surface area contributed by atoms with Gasteiger partial charge in [0.15, 0.2) is 0 Å². The van der Waals surface area contributed by atoms with Crippen molar-refractivity contribution in [3.05, 3.63) is 71.8 Å². The zero-order chi connectivity index (χ0) is 45.7. The van der Waals surface area contributed by atoms with Crippen LogP contribution in [-0.4, -0.2) is 143 Å². The van der Waals surface area contributed by atoms with Crippen LogP contribution in [0.1, 0.15) is 72.4 Å². The van der Waals surface area contributed by atoms with Crippen molar-refractivity contribution in [3.8, 4) is 0 Å². The Morgan fingerprint density at radius 1 is 0.968 bits per heavy atom. The minimum absolute atomic E-state index is 0.0627. The molecule has 0 N–H and O–H groups in total. The van der Waals surface area contributed by atoms with E-state index in [1.165, 1.54) is 14.0 Å². The fourth-order valence-corrected chi connectivity index (χ4v) is 9.83. The van der Waals surface area contributed by atoms with Gasteiger partial charge in [-0.05, 0) is 32.0 Å². The molecule has 4 unspecified atom stereocenters. The molecule has 0 bridgehead atoms. The van der Waals surface area contributed by atoms with Crippen LogP contribution in [0.5, 0.6) is 0 Å². The van der Waals surface area contributed by atoms with Gasteiger partial charge in [-0.2, -0.15) is 0 Å². The summed E-state index contributed by atoms with van der Waals surface area (Å²) in [6.45, 7) is 16.7. The van der Waals surface area contributed by atoms with Gasteiger partial charge in [0.05, 0.1) is 13.7 Å². The van der Waals surface area contributed by atoms with Gasteiger partial charge in [-0.1, -0.05) is 60.7 Å². The van der Waals surface area contributed by atoms with E-state index >= 15 is 0 Å². The summed E-state index contributed by atoms with van der Waals surface area (Å²) in [5.41, 5.74) is 1.78. The van der Waals surface area contributed by atoms with E-state index in [4.69, 9.17) is 42.6 Å². The molecule has 2 aromatic rings. The number of carbonyl (C=O) groups excluding carboxylic acids is 3. The number of nitrogens with zero attached hydrogens (tertiary/aromatic N) is 2. The summed E-state index contributed by atoms with van der Waals surface area (Å²) in [6, 6.07) is 19.3. The van der Waals surface area contributed by atoms with Crippen molar-refractivity contribution in [2.45, 2.75) is 129 Å². The van der Waals surface area contributed by atoms with Gasteiger partial charge >= 0.3 is 209 Å². The second kappa shape index (κ2) is 23.8. The van der Waals surface area contributed by atoms with Crippen LogP contribution in [0.4, 0.5) is 4.79 Å². The molecule has 18 heteroatoms. The Morgan fingerprint density at radius 3 is 2.25 bits per heavy atom. The molecular formula is C45H66B2N2O13P. The van der Waals surface area contributed by atoms with E-state index < -0.39 is 66.2 Å². The van der Waals surface area contributed by atoms with Gasteiger partial charge in [0.2, 0.25) is 0 Å². The van der Waals surface area contributed by atoms with E-state index in [0.29, 0.717) is 26.2 Å². The van der Waals surface area contributed by atoms with E-state index in [-0.39, 0.29) is 58.3 Å². The second-order valence-electron chi connectivity index (χ2n) is 17.4. The normalized spacial score (nSPS) is 29.8. The summed E-state index contributed by atoms with van der Waals surface area (Å²) in [4.78, 5) is 43.4. The molecule has 5 rings (SSSR count). The summed E-state index contributed by atoms with van der Waals surface area (Å²) in [5.74, 6) is -4.48. The van der Waals surface area contributed by atoms with Gasteiger partial charge in [-0.25, -0.2) is 9.59 Å². The van der Waals surface area contributed by atoms with Crippen LogP contribution >= 0.6 is 8.46 Å². The predicted octanol–water partition coefficient (Wildman–Crippen LogP) is 5.57. The van der Waals surface area contributed by atoms with Crippen LogP contribution in [-0.2, 0) is 70.1 Å². The first-order valence-corrected chi connectivity index (χ1v) is 23.2. The Bertz CT molecular complexity index is 1770.